The molecule has 2 N–H and O–H groups in total. The van der Waals surface area contributed by atoms with E-state index in [4.69, 9.17) is 10.00 Å². The molecule has 0 unspecified atom stereocenters. The van der Waals surface area contributed by atoms with Gasteiger partial charge in [-0.3, -0.25) is 9.89 Å². The van der Waals surface area contributed by atoms with Gasteiger partial charge >= 0.3 is 0 Å². The molecule has 21 heavy (non-hydrogen) atoms. The van der Waals surface area contributed by atoms with Crippen LogP contribution in [0.1, 0.15) is 40.8 Å². The zero-order chi connectivity index (χ0) is 14.8. The molecule has 1 fully saturated rings. The Bertz CT molecular complexity index is 727. The molecule has 1 amide bonds. The summed E-state index contributed by atoms with van der Waals surface area (Å²) in [4.78, 5) is 16.4. The summed E-state index contributed by atoms with van der Waals surface area (Å²) in [6.07, 6.45) is 2.14. The van der Waals surface area contributed by atoms with E-state index in [1.54, 1.807) is 18.2 Å². The molecule has 1 aliphatic rings. The van der Waals surface area contributed by atoms with Gasteiger partial charge in [-0.15, -0.1) is 5.10 Å². The summed E-state index contributed by atoms with van der Waals surface area (Å²) in [5.41, 5.74) is 0.644. The van der Waals surface area contributed by atoms with Crippen molar-refractivity contribution in [1.82, 2.24) is 15.2 Å². The van der Waals surface area contributed by atoms with Crippen LogP contribution < -0.4 is 10.1 Å². The van der Waals surface area contributed by atoms with Crippen molar-refractivity contribution < 1.29 is 9.53 Å². The normalized spacial score (nSPS) is 13.5. The minimum atomic E-state index is -0.473. The Kier molecular flexibility index (Phi) is 3.28. The Morgan fingerprint density at radius 2 is 2.33 bits per heavy atom. The predicted molar refractivity (Wildman–Crippen MR) is 74.0 cm³/mol. The number of carbonyl (C=O) groups excluding carboxylic acids is 1. The number of aromatic nitrogens is 3. The number of benzene rings is 1. The maximum absolute atomic E-state index is 12.2. The Morgan fingerprint density at radius 3 is 3.00 bits per heavy atom. The van der Waals surface area contributed by atoms with Crippen LogP contribution in [0.2, 0.25) is 0 Å². The number of para-hydroxylation sites is 1. The quantitative estimate of drug-likeness (QED) is 0.890. The van der Waals surface area contributed by atoms with Crippen molar-refractivity contribution in [2.75, 3.05) is 12.4 Å². The van der Waals surface area contributed by atoms with Gasteiger partial charge in [0.05, 0.1) is 12.7 Å². The number of nitrogens with one attached hydrogen (secondary N) is 2. The molecular weight excluding hydrogens is 270 g/mol. The third-order valence-electron chi connectivity index (χ3n) is 3.27. The van der Waals surface area contributed by atoms with Crippen molar-refractivity contribution in [3.05, 3.63) is 35.4 Å². The molecule has 0 radical (unpaired) electrons. The second-order valence-electron chi connectivity index (χ2n) is 4.77. The zero-order valence-corrected chi connectivity index (χ0v) is 11.4. The highest BCUT2D eigenvalue weighted by Gasteiger charge is 2.28. The fraction of sp³-hybridized carbons (Fsp3) is 0.286. The summed E-state index contributed by atoms with van der Waals surface area (Å²) < 4.78 is 5.16. The van der Waals surface area contributed by atoms with Gasteiger partial charge in [0.1, 0.15) is 23.3 Å². The molecule has 0 atom stereocenters. The molecule has 106 valence electrons. The van der Waals surface area contributed by atoms with Crippen molar-refractivity contribution in [3.8, 4) is 11.8 Å². The number of ether oxygens (including phenoxy) is 1. The van der Waals surface area contributed by atoms with Crippen molar-refractivity contribution in [3.63, 3.8) is 0 Å². The molecule has 7 nitrogen and oxygen atoms in total. The first-order valence-corrected chi connectivity index (χ1v) is 6.53. The summed E-state index contributed by atoms with van der Waals surface area (Å²) in [6, 6.07) is 6.98. The van der Waals surface area contributed by atoms with Crippen LogP contribution in [0.5, 0.6) is 5.75 Å². The van der Waals surface area contributed by atoms with Crippen LogP contribution in [0, 0.1) is 11.3 Å². The lowest BCUT2D eigenvalue weighted by molar-refractivity contribution is 0.101. The first kappa shape index (κ1) is 13.1. The summed E-state index contributed by atoms with van der Waals surface area (Å²) in [5.74, 6) is 1.13. The number of hydrogen-bond acceptors (Lipinski definition) is 5. The summed E-state index contributed by atoms with van der Waals surface area (Å²) >= 11 is 0. The van der Waals surface area contributed by atoms with Crippen LogP contribution in [-0.2, 0) is 0 Å². The molecule has 1 aromatic heterocycles. The number of nitrogens with zero attached hydrogens (tertiary/aromatic N) is 3. The van der Waals surface area contributed by atoms with Gasteiger partial charge in [0.25, 0.3) is 5.91 Å². The smallest absolute Gasteiger partial charge is 0.295 e. The third kappa shape index (κ3) is 2.56. The average Bonchev–Trinajstić information content (AvgIpc) is 3.24. The molecule has 1 aliphatic carbocycles. The molecule has 0 spiro atoms. The van der Waals surface area contributed by atoms with E-state index in [1.807, 2.05) is 6.07 Å². The van der Waals surface area contributed by atoms with Crippen molar-refractivity contribution in [1.29, 1.82) is 5.26 Å². The minimum Gasteiger partial charge on any atom is -0.495 e. The number of amides is 1. The number of hydrogen-bond donors (Lipinski definition) is 2. The van der Waals surface area contributed by atoms with Crippen molar-refractivity contribution >= 4 is 11.6 Å². The van der Waals surface area contributed by atoms with E-state index in [-0.39, 0.29) is 5.82 Å². The Morgan fingerprint density at radius 1 is 1.52 bits per heavy atom. The molecule has 0 aliphatic heterocycles. The topological polar surface area (TPSA) is 104 Å². The van der Waals surface area contributed by atoms with Gasteiger partial charge in [0, 0.05) is 5.92 Å². The fourth-order valence-corrected chi connectivity index (χ4v) is 2.01. The number of anilines is 1. The highest BCUT2D eigenvalue weighted by atomic mass is 16.5. The van der Waals surface area contributed by atoms with E-state index in [0.717, 1.165) is 18.7 Å². The lowest BCUT2D eigenvalue weighted by Gasteiger charge is -2.10. The van der Waals surface area contributed by atoms with E-state index in [1.165, 1.54) is 7.11 Å². The average molecular weight is 283 g/mol. The van der Waals surface area contributed by atoms with E-state index in [0.29, 0.717) is 22.9 Å². The Labute approximate surface area is 121 Å². The summed E-state index contributed by atoms with van der Waals surface area (Å²) in [6.45, 7) is 0. The number of rotatable bonds is 4. The van der Waals surface area contributed by atoms with Gasteiger partial charge in [0.2, 0.25) is 5.82 Å². The van der Waals surface area contributed by atoms with Crippen LogP contribution in [0.4, 0.5) is 5.69 Å². The zero-order valence-electron chi connectivity index (χ0n) is 11.4. The van der Waals surface area contributed by atoms with E-state index in [9.17, 15) is 4.79 Å². The Hall–Kier alpha value is -2.88. The van der Waals surface area contributed by atoms with E-state index >= 15 is 0 Å². The van der Waals surface area contributed by atoms with Gasteiger partial charge < -0.3 is 10.1 Å². The van der Waals surface area contributed by atoms with Crippen LogP contribution in [0.15, 0.2) is 18.2 Å². The fourth-order valence-electron chi connectivity index (χ4n) is 2.01. The van der Waals surface area contributed by atoms with Crippen LogP contribution in [0.25, 0.3) is 0 Å². The predicted octanol–water partition coefficient (Wildman–Crippen LogP) is 1.81. The van der Waals surface area contributed by atoms with Crippen LogP contribution in [0.3, 0.4) is 0 Å². The van der Waals surface area contributed by atoms with Gasteiger partial charge in [-0.25, -0.2) is 4.98 Å². The third-order valence-corrected chi connectivity index (χ3v) is 3.27. The maximum Gasteiger partial charge on any atom is 0.295 e. The van der Waals surface area contributed by atoms with Gasteiger partial charge in [-0.1, -0.05) is 6.07 Å². The highest BCUT2D eigenvalue weighted by molar-refractivity contribution is 6.03. The molecule has 0 saturated heterocycles. The first-order chi connectivity index (χ1) is 10.2. The van der Waals surface area contributed by atoms with Gasteiger partial charge in [-0.05, 0) is 25.0 Å². The minimum absolute atomic E-state index is 0.0618. The Balaban J connectivity index is 1.85. The monoisotopic (exact) mass is 283 g/mol. The van der Waals surface area contributed by atoms with Crippen LogP contribution in [-0.4, -0.2) is 28.2 Å². The largest absolute Gasteiger partial charge is 0.495 e. The molecule has 3 rings (SSSR count). The molecule has 1 heterocycles. The molecule has 1 saturated carbocycles. The molecule has 0 bridgehead atoms. The second-order valence-corrected chi connectivity index (χ2v) is 4.77. The van der Waals surface area contributed by atoms with E-state index < -0.39 is 5.91 Å². The summed E-state index contributed by atoms with van der Waals surface area (Å²) in [5, 5.41) is 18.4. The molecule has 7 heteroatoms. The summed E-state index contributed by atoms with van der Waals surface area (Å²) in [7, 11) is 1.48. The standard InChI is InChI=1S/C14H13N5O2/c1-21-10-4-2-3-9(7-15)11(10)16-14(20)13-17-12(18-19-13)8-5-6-8/h2-4,8H,5-6H2,1H3,(H,16,20)(H,17,18,19). The number of aromatic amines is 1. The van der Waals surface area contributed by atoms with E-state index in [2.05, 4.69) is 20.5 Å². The van der Waals surface area contributed by atoms with Crippen LogP contribution >= 0.6 is 0 Å². The highest BCUT2D eigenvalue weighted by Crippen LogP contribution is 2.37. The van der Waals surface area contributed by atoms with Gasteiger partial charge in [0.15, 0.2) is 0 Å². The maximum atomic E-state index is 12.2. The number of methoxy groups -OCH3 is 1. The van der Waals surface area contributed by atoms with Gasteiger partial charge in [-0.2, -0.15) is 5.26 Å². The lowest BCUT2D eigenvalue weighted by atomic mass is 10.1. The molecular formula is C14H13N5O2. The molecule has 1 aromatic carbocycles. The van der Waals surface area contributed by atoms with Crippen molar-refractivity contribution in [2.45, 2.75) is 18.8 Å². The number of carbonyl (C=O) groups is 1. The molecule has 2 aromatic rings. The first-order valence-electron chi connectivity index (χ1n) is 6.53. The second kappa shape index (κ2) is 5.25. The van der Waals surface area contributed by atoms with Crippen molar-refractivity contribution in [2.24, 2.45) is 0 Å². The lowest BCUT2D eigenvalue weighted by Crippen LogP contribution is -2.15. The number of H-pyrrole nitrogens is 1. The SMILES string of the molecule is COc1cccc(C#N)c1NC(=O)c1n[nH]c(C2CC2)n1. The number of nitriles is 1.